The Balaban J connectivity index is 1.37. The highest BCUT2D eigenvalue weighted by atomic mass is 32.2. The fourth-order valence-corrected chi connectivity index (χ4v) is 6.22. The summed E-state index contributed by atoms with van der Waals surface area (Å²) >= 11 is 0. The maximum Gasteiger partial charge on any atom is 0.324 e. The minimum absolute atomic E-state index is 0.00128. The van der Waals surface area contributed by atoms with Crippen LogP contribution < -0.4 is 10.5 Å². The summed E-state index contributed by atoms with van der Waals surface area (Å²) in [6.45, 7) is 1.36. The molecular weight excluding hydrogens is 502 g/mol. The zero-order chi connectivity index (χ0) is 26.7. The molecule has 1 aliphatic heterocycles. The van der Waals surface area contributed by atoms with Gasteiger partial charge in [-0.15, -0.1) is 0 Å². The first-order chi connectivity index (χ1) is 18.3. The van der Waals surface area contributed by atoms with E-state index in [0.717, 1.165) is 40.1 Å². The molecule has 0 radical (unpaired) electrons. The van der Waals surface area contributed by atoms with E-state index >= 15 is 0 Å². The molecule has 0 bridgehead atoms. The van der Waals surface area contributed by atoms with Gasteiger partial charge in [0.05, 0.1) is 11.5 Å². The Morgan fingerprint density at radius 2 is 1.89 bits per heavy atom. The molecule has 10 heteroatoms. The third kappa shape index (κ3) is 5.66. The molecule has 0 amide bonds. The summed E-state index contributed by atoms with van der Waals surface area (Å²) in [5.74, 6) is -0.622. The van der Waals surface area contributed by atoms with E-state index in [4.69, 9.17) is 15.9 Å². The van der Waals surface area contributed by atoms with E-state index in [-0.39, 0.29) is 29.8 Å². The monoisotopic (exact) mass is 533 g/mol. The van der Waals surface area contributed by atoms with Crippen molar-refractivity contribution in [3.05, 3.63) is 78.5 Å². The molecule has 0 spiro atoms. The minimum Gasteiger partial charge on any atom is -0.464 e. The SMILES string of the molecule is N=C(N)N1CCC[C@@H](COC(=O)[C@@H](Cc2c[nH]c3ccccc23)NS(=O)(=O)c2ccc3ccccc3c2)C1. The van der Waals surface area contributed by atoms with Gasteiger partial charge in [-0.2, -0.15) is 4.72 Å². The van der Waals surface area contributed by atoms with E-state index < -0.39 is 22.0 Å². The van der Waals surface area contributed by atoms with E-state index in [2.05, 4.69) is 9.71 Å². The fourth-order valence-electron chi connectivity index (χ4n) is 5.00. The number of nitrogens with two attached hydrogens (primary N) is 1. The second kappa shape index (κ2) is 10.8. The summed E-state index contributed by atoms with van der Waals surface area (Å²) in [5, 5.41) is 10.3. The lowest BCUT2D eigenvalue weighted by molar-refractivity contribution is -0.147. The lowest BCUT2D eigenvalue weighted by Crippen LogP contribution is -2.46. The number of ether oxygens (including phenoxy) is 1. The Hall–Kier alpha value is -3.89. The number of rotatable bonds is 8. The number of hydrogen-bond donors (Lipinski definition) is 4. The van der Waals surface area contributed by atoms with Gasteiger partial charge in [0.1, 0.15) is 6.04 Å². The number of nitrogens with one attached hydrogen (secondary N) is 3. The van der Waals surface area contributed by atoms with Crippen molar-refractivity contribution in [1.82, 2.24) is 14.6 Å². The Kier molecular flexibility index (Phi) is 7.35. The summed E-state index contributed by atoms with van der Waals surface area (Å²) < 4.78 is 35.2. The summed E-state index contributed by atoms with van der Waals surface area (Å²) in [5.41, 5.74) is 7.35. The van der Waals surface area contributed by atoms with Crippen LogP contribution in [0.1, 0.15) is 18.4 Å². The predicted molar refractivity (Wildman–Crippen MR) is 147 cm³/mol. The highest BCUT2D eigenvalue weighted by Gasteiger charge is 2.30. The normalized spacial score (nSPS) is 16.9. The second-order valence-corrected chi connectivity index (χ2v) is 11.4. The number of nitrogens with zero attached hydrogens (tertiary/aromatic N) is 1. The third-order valence-corrected chi connectivity index (χ3v) is 8.50. The number of hydrogen-bond acceptors (Lipinski definition) is 5. The molecule has 1 aliphatic rings. The Morgan fingerprint density at radius 3 is 2.71 bits per heavy atom. The summed E-state index contributed by atoms with van der Waals surface area (Å²) in [7, 11) is -4.03. The highest BCUT2D eigenvalue weighted by Crippen LogP contribution is 2.23. The largest absolute Gasteiger partial charge is 0.464 e. The van der Waals surface area contributed by atoms with E-state index in [9.17, 15) is 13.2 Å². The number of likely N-dealkylation sites (tertiary alicyclic amines) is 1. The van der Waals surface area contributed by atoms with Crippen molar-refractivity contribution >= 4 is 43.6 Å². The molecule has 0 saturated carbocycles. The van der Waals surface area contributed by atoms with Crippen LogP contribution in [0.15, 0.2) is 77.8 Å². The molecule has 1 saturated heterocycles. The summed E-state index contributed by atoms with van der Waals surface area (Å²) in [6, 6.07) is 18.9. The molecule has 2 heterocycles. The van der Waals surface area contributed by atoms with Crippen LogP contribution in [0.2, 0.25) is 0 Å². The molecule has 5 rings (SSSR count). The molecule has 4 aromatic rings. The van der Waals surface area contributed by atoms with Crippen LogP contribution in [0, 0.1) is 11.3 Å². The first kappa shape index (κ1) is 25.7. The number of H-pyrrole nitrogens is 1. The number of aromatic nitrogens is 1. The minimum atomic E-state index is -4.03. The predicted octanol–water partition coefficient (Wildman–Crippen LogP) is 3.36. The van der Waals surface area contributed by atoms with E-state index in [1.165, 1.54) is 6.07 Å². The van der Waals surface area contributed by atoms with Gasteiger partial charge in [-0.3, -0.25) is 10.2 Å². The van der Waals surface area contributed by atoms with Crippen LogP contribution in [-0.4, -0.2) is 56.0 Å². The average molecular weight is 534 g/mol. The first-order valence-electron chi connectivity index (χ1n) is 12.6. The zero-order valence-electron chi connectivity index (χ0n) is 20.9. The van der Waals surface area contributed by atoms with Crippen molar-refractivity contribution < 1.29 is 17.9 Å². The van der Waals surface area contributed by atoms with Gasteiger partial charge in [0, 0.05) is 42.5 Å². The topological polar surface area (TPSA) is 141 Å². The second-order valence-electron chi connectivity index (χ2n) is 9.72. The molecule has 9 nitrogen and oxygen atoms in total. The number of guanidine groups is 1. The van der Waals surface area contributed by atoms with Crippen LogP contribution in [0.5, 0.6) is 0 Å². The number of carbonyl (C=O) groups excluding carboxylic acids is 1. The number of para-hydroxylation sites is 1. The molecule has 2 atom stereocenters. The summed E-state index contributed by atoms with van der Waals surface area (Å²) in [4.78, 5) is 18.4. The number of esters is 1. The van der Waals surface area contributed by atoms with Crippen molar-refractivity contribution in [2.75, 3.05) is 19.7 Å². The van der Waals surface area contributed by atoms with Gasteiger partial charge >= 0.3 is 5.97 Å². The molecule has 5 N–H and O–H groups in total. The van der Waals surface area contributed by atoms with Gasteiger partial charge in [-0.1, -0.05) is 48.5 Å². The maximum atomic E-state index is 13.4. The van der Waals surface area contributed by atoms with Gasteiger partial charge in [0.15, 0.2) is 5.96 Å². The molecule has 3 aromatic carbocycles. The number of aromatic amines is 1. The van der Waals surface area contributed by atoms with Crippen molar-refractivity contribution in [2.45, 2.75) is 30.2 Å². The zero-order valence-corrected chi connectivity index (χ0v) is 21.7. The van der Waals surface area contributed by atoms with Crippen LogP contribution in [0.25, 0.3) is 21.7 Å². The molecule has 198 valence electrons. The van der Waals surface area contributed by atoms with Crippen molar-refractivity contribution in [3.63, 3.8) is 0 Å². The van der Waals surface area contributed by atoms with Gasteiger partial charge < -0.3 is 20.4 Å². The van der Waals surface area contributed by atoms with Gasteiger partial charge in [-0.25, -0.2) is 8.42 Å². The first-order valence-corrected chi connectivity index (χ1v) is 14.1. The lowest BCUT2D eigenvalue weighted by atomic mass is 9.99. The van der Waals surface area contributed by atoms with Crippen LogP contribution in [0.3, 0.4) is 0 Å². The van der Waals surface area contributed by atoms with Crippen LogP contribution >= 0.6 is 0 Å². The van der Waals surface area contributed by atoms with Crippen molar-refractivity contribution in [3.8, 4) is 0 Å². The number of benzene rings is 3. The highest BCUT2D eigenvalue weighted by molar-refractivity contribution is 7.89. The molecule has 38 heavy (non-hydrogen) atoms. The quantitative estimate of drug-likeness (QED) is 0.155. The van der Waals surface area contributed by atoms with Crippen molar-refractivity contribution in [2.24, 2.45) is 11.7 Å². The van der Waals surface area contributed by atoms with Crippen LogP contribution in [-0.2, 0) is 26.0 Å². The average Bonchev–Trinajstić information content (AvgIpc) is 3.34. The smallest absolute Gasteiger partial charge is 0.324 e. The number of carbonyl (C=O) groups is 1. The third-order valence-electron chi connectivity index (χ3n) is 7.03. The van der Waals surface area contributed by atoms with E-state index in [1.807, 2.05) is 48.5 Å². The molecular formula is C28H31N5O4S. The van der Waals surface area contributed by atoms with Gasteiger partial charge in [0.2, 0.25) is 10.0 Å². The van der Waals surface area contributed by atoms with Crippen molar-refractivity contribution in [1.29, 1.82) is 5.41 Å². The van der Waals surface area contributed by atoms with E-state index in [1.54, 1.807) is 23.2 Å². The summed E-state index contributed by atoms with van der Waals surface area (Å²) in [6.07, 6.45) is 3.60. The Morgan fingerprint density at radius 1 is 1.13 bits per heavy atom. The molecule has 1 aromatic heterocycles. The number of sulfonamides is 1. The number of piperidine rings is 1. The van der Waals surface area contributed by atoms with Gasteiger partial charge in [-0.05, 0) is 47.4 Å². The van der Waals surface area contributed by atoms with E-state index in [0.29, 0.717) is 13.1 Å². The maximum absolute atomic E-state index is 13.4. The fraction of sp³-hybridized carbons (Fsp3) is 0.286. The standard InChI is InChI=1S/C28H31N5O4S/c29-28(30)33-13-5-6-19(17-33)18-37-27(34)26(15-22-16-31-25-10-4-3-9-24(22)25)32-38(35,36)23-12-11-20-7-1-2-8-21(20)14-23/h1-4,7-12,14,16,19,26,31-32H,5-6,13,15,17-18H2,(H3,29,30)/t19-,26-/m1/s1. The molecule has 0 unspecified atom stereocenters. The Bertz CT molecular complexity index is 1580. The molecule has 1 fully saturated rings. The Labute approximate surface area is 221 Å². The van der Waals surface area contributed by atoms with Gasteiger partial charge in [0.25, 0.3) is 0 Å². The number of fused-ring (bicyclic) bond motifs is 2. The lowest BCUT2D eigenvalue weighted by Gasteiger charge is -2.32. The molecule has 0 aliphatic carbocycles. The van der Waals surface area contributed by atoms with Crippen LogP contribution in [0.4, 0.5) is 0 Å².